The summed E-state index contributed by atoms with van der Waals surface area (Å²) in [6.45, 7) is 8.97. The molecule has 0 aromatic carbocycles. The molecule has 0 radical (unpaired) electrons. The van der Waals surface area contributed by atoms with Gasteiger partial charge >= 0.3 is 6.09 Å². The summed E-state index contributed by atoms with van der Waals surface area (Å²) in [6.07, 6.45) is 1.77. The van der Waals surface area contributed by atoms with Gasteiger partial charge in [0, 0.05) is 27.1 Å². The zero-order chi connectivity index (χ0) is 22.1. The zero-order valence-corrected chi connectivity index (χ0v) is 20.6. The van der Waals surface area contributed by atoms with Crippen LogP contribution >= 0.6 is 34.4 Å². The molecule has 0 aliphatic carbocycles. The first-order chi connectivity index (χ1) is 14.2. The third-order valence-corrected chi connectivity index (χ3v) is 7.47. The molecule has 2 aromatic heterocycles. The normalized spacial score (nSPS) is 12.5. The molecule has 30 heavy (non-hydrogen) atoms. The van der Waals surface area contributed by atoms with Crippen molar-refractivity contribution in [1.82, 2.24) is 9.80 Å². The van der Waals surface area contributed by atoms with Crippen LogP contribution < -0.4 is 0 Å². The molecule has 2 heterocycles. The Morgan fingerprint density at radius 3 is 2.07 bits per heavy atom. The fraction of sp³-hybridized carbons (Fsp3) is 0.545. The average molecular weight is 469 g/mol. The minimum Gasteiger partial charge on any atom is -0.465 e. The van der Waals surface area contributed by atoms with Gasteiger partial charge in [0.2, 0.25) is 0 Å². The number of thiophene rings is 2. The van der Waals surface area contributed by atoms with E-state index in [2.05, 4.69) is 6.92 Å². The lowest BCUT2D eigenvalue weighted by Crippen LogP contribution is -2.52. The highest BCUT2D eigenvalue weighted by Crippen LogP contribution is 2.26. The minimum absolute atomic E-state index is 0.00227. The predicted octanol–water partition coefficient (Wildman–Crippen LogP) is 7.00. The van der Waals surface area contributed by atoms with Crippen molar-refractivity contribution in [2.24, 2.45) is 0 Å². The number of carboxylic acid groups (broad SMARTS) is 1. The van der Waals surface area contributed by atoms with Gasteiger partial charge in [-0.15, -0.1) is 22.7 Å². The molecule has 0 spiro atoms. The monoisotopic (exact) mass is 468 g/mol. The molecular formula is C22H32N2O3S3. The Morgan fingerprint density at radius 1 is 1.10 bits per heavy atom. The van der Waals surface area contributed by atoms with E-state index in [9.17, 15) is 14.7 Å². The summed E-state index contributed by atoms with van der Waals surface area (Å²) in [5.74, 6) is 0.466. The molecule has 2 aromatic rings. The van der Waals surface area contributed by atoms with Gasteiger partial charge in [0.1, 0.15) is 0 Å². The second-order valence-electron chi connectivity index (χ2n) is 8.21. The van der Waals surface area contributed by atoms with Crippen LogP contribution in [0.2, 0.25) is 0 Å². The van der Waals surface area contributed by atoms with Crippen LogP contribution in [0.5, 0.6) is 0 Å². The van der Waals surface area contributed by atoms with Crippen molar-refractivity contribution in [2.45, 2.75) is 71.6 Å². The van der Waals surface area contributed by atoms with Crippen LogP contribution in [-0.2, 0) is 13.1 Å². The minimum atomic E-state index is -0.925. The van der Waals surface area contributed by atoms with Crippen LogP contribution in [0.15, 0.2) is 35.0 Å². The van der Waals surface area contributed by atoms with E-state index < -0.39 is 11.6 Å². The van der Waals surface area contributed by atoms with Crippen molar-refractivity contribution in [3.8, 4) is 0 Å². The highest BCUT2D eigenvalue weighted by molar-refractivity contribution is 8.13. The van der Waals surface area contributed by atoms with E-state index in [1.165, 1.54) is 16.7 Å². The molecule has 1 unspecified atom stereocenters. The summed E-state index contributed by atoms with van der Waals surface area (Å²) in [7, 11) is 0. The Hall–Kier alpha value is -1.51. The number of thioether (sulfide) groups is 1. The largest absolute Gasteiger partial charge is 0.465 e. The van der Waals surface area contributed by atoms with Gasteiger partial charge in [0.05, 0.1) is 13.1 Å². The van der Waals surface area contributed by atoms with E-state index in [-0.39, 0.29) is 11.3 Å². The van der Waals surface area contributed by atoms with Crippen molar-refractivity contribution < 1.29 is 14.7 Å². The fourth-order valence-electron chi connectivity index (χ4n) is 3.34. The van der Waals surface area contributed by atoms with Crippen molar-refractivity contribution in [3.05, 3.63) is 44.8 Å². The molecule has 166 valence electrons. The maximum absolute atomic E-state index is 13.1. The van der Waals surface area contributed by atoms with E-state index >= 15 is 0 Å². The SMILES string of the molecule is CCCCC(CSC(=O)N(Cc1cccs1)Cc1cccs1)N(C(=O)O)C(C)(C)C. The van der Waals surface area contributed by atoms with Gasteiger partial charge in [-0.3, -0.25) is 9.69 Å². The number of nitrogens with zero attached hydrogens (tertiary/aromatic N) is 2. The number of unbranched alkanes of at least 4 members (excludes halogenated alkanes) is 1. The van der Waals surface area contributed by atoms with Crippen molar-refractivity contribution in [3.63, 3.8) is 0 Å². The number of carbonyl (C=O) groups excluding carboxylic acids is 1. The molecule has 0 aliphatic heterocycles. The summed E-state index contributed by atoms with van der Waals surface area (Å²) in [5, 5.41) is 13.9. The van der Waals surface area contributed by atoms with Gasteiger partial charge < -0.3 is 10.0 Å². The van der Waals surface area contributed by atoms with Gasteiger partial charge in [-0.25, -0.2) is 4.79 Å². The maximum Gasteiger partial charge on any atom is 0.408 e. The number of carbonyl (C=O) groups is 2. The summed E-state index contributed by atoms with van der Waals surface area (Å²) in [4.78, 5) is 30.8. The summed E-state index contributed by atoms with van der Waals surface area (Å²) in [5.41, 5.74) is -0.512. The van der Waals surface area contributed by atoms with Crippen molar-refractivity contribution in [2.75, 3.05) is 5.75 Å². The topological polar surface area (TPSA) is 60.9 Å². The lowest BCUT2D eigenvalue weighted by atomic mass is 10.0. The van der Waals surface area contributed by atoms with E-state index in [0.29, 0.717) is 18.8 Å². The van der Waals surface area contributed by atoms with Crippen LogP contribution in [0.25, 0.3) is 0 Å². The third kappa shape index (κ3) is 7.63. The summed E-state index contributed by atoms with van der Waals surface area (Å²) < 4.78 is 0. The molecule has 8 heteroatoms. The quantitative estimate of drug-likeness (QED) is 0.408. The standard InChI is InChI=1S/C22H32N2O3S3/c1-5-6-9-17(24(20(25)26)22(2,3)4)16-30-21(27)23(14-18-10-7-12-28-18)15-19-11-8-13-29-19/h7-8,10-13,17H,5-6,9,14-16H2,1-4H3,(H,25,26). The number of hydrogen-bond donors (Lipinski definition) is 1. The Bertz CT molecular complexity index is 734. The number of rotatable bonds is 10. The Labute approximate surface area is 192 Å². The Balaban J connectivity index is 2.11. The van der Waals surface area contributed by atoms with Crippen LogP contribution in [-0.4, -0.2) is 43.6 Å². The first-order valence-electron chi connectivity index (χ1n) is 10.2. The number of hydrogen-bond acceptors (Lipinski definition) is 5. The maximum atomic E-state index is 13.1. The van der Waals surface area contributed by atoms with Crippen LogP contribution in [0.4, 0.5) is 9.59 Å². The highest BCUT2D eigenvalue weighted by Gasteiger charge is 2.33. The van der Waals surface area contributed by atoms with E-state index in [0.717, 1.165) is 29.0 Å². The first kappa shape index (κ1) is 24.8. The van der Waals surface area contributed by atoms with Gasteiger partial charge in [-0.05, 0) is 50.1 Å². The third-order valence-electron chi connectivity index (χ3n) is 4.70. The van der Waals surface area contributed by atoms with E-state index in [1.54, 1.807) is 22.7 Å². The smallest absolute Gasteiger partial charge is 0.408 e. The van der Waals surface area contributed by atoms with Crippen molar-refractivity contribution >= 4 is 45.8 Å². The lowest BCUT2D eigenvalue weighted by molar-refractivity contribution is 0.0735. The number of amides is 2. The fourth-order valence-corrected chi connectivity index (χ4v) is 5.74. The molecule has 5 nitrogen and oxygen atoms in total. The highest BCUT2D eigenvalue weighted by atomic mass is 32.2. The van der Waals surface area contributed by atoms with Crippen LogP contribution in [0.1, 0.15) is 56.7 Å². The second-order valence-corrected chi connectivity index (χ2v) is 11.2. The lowest BCUT2D eigenvalue weighted by Gasteiger charge is -2.39. The molecular weight excluding hydrogens is 436 g/mol. The molecule has 0 saturated carbocycles. The van der Waals surface area contributed by atoms with Gasteiger partial charge in [0.25, 0.3) is 5.24 Å². The molecule has 0 fully saturated rings. The average Bonchev–Trinajstić information content (AvgIpc) is 3.35. The molecule has 0 bridgehead atoms. The molecule has 2 amide bonds. The summed E-state index contributed by atoms with van der Waals surface area (Å²) >= 11 is 4.53. The molecule has 2 rings (SSSR count). The summed E-state index contributed by atoms with van der Waals surface area (Å²) in [6, 6.07) is 7.88. The molecule has 1 atom stereocenters. The second kappa shape index (κ2) is 11.8. The van der Waals surface area contributed by atoms with Gasteiger partial charge in [-0.2, -0.15) is 0 Å². The molecule has 0 aliphatic rings. The van der Waals surface area contributed by atoms with Gasteiger partial charge in [-0.1, -0.05) is 43.7 Å². The van der Waals surface area contributed by atoms with E-state index in [4.69, 9.17) is 0 Å². The molecule has 0 saturated heterocycles. The van der Waals surface area contributed by atoms with E-state index in [1.807, 2.05) is 60.7 Å². The predicted molar refractivity (Wildman–Crippen MR) is 129 cm³/mol. The molecule has 1 N–H and O–H groups in total. The Kier molecular flexibility index (Phi) is 9.71. The van der Waals surface area contributed by atoms with Crippen LogP contribution in [0, 0.1) is 0 Å². The van der Waals surface area contributed by atoms with Crippen molar-refractivity contribution in [1.29, 1.82) is 0 Å². The first-order valence-corrected chi connectivity index (χ1v) is 13.0. The van der Waals surface area contributed by atoms with Crippen LogP contribution in [0.3, 0.4) is 0 Å². The van der Waals surface area contributed by atoms with Gasteiger partial charge in [0.15, 0.2) is 0 Å². The zero-order valence-electron chi connectivity index (χ0n) is 18.2. The Morgan fingerprint density at radius 2 is 1.67 bits per heavy atom.